The first-order valence-corrected chi connectivity index (χ1v) is 6.59. The molecule has 1 aliphatic heterocycles. The third-order valence-corrected chi connectivity index (χ3v) is 4.63. The lowest BCUT2D eigenvalue weighted by atomic mass is 9.85. The third kappa shape index (κ3) is 1.32. The van der Waals surface area contributed by atoms with Gasteiger partial charge in [0, 0.05) is 6.07 Å². The molecular formula is C15H11F2NO2. The van der Waals surface area contributed by atoms with E-state index in [2.05, 4.69) is 0 Å². The van der Waals surface area contributed by atoms with Gasteiger partial charge >= 0.3 is 0 Å². The van der Waals surface area contributed by atoms with Gasteiger partial charge in [0.05, 0.1) is 17.5 Å². The number of halogens is 2. The molecule has 0 N–H and O–H groups in total. The molecule has 0 aromatic heterocycles. The molecule has 1 heterocycles. The fourth-order valence-electron chi connectivity index (χ4n) is 3.78. The smallest absolute Gasteiger partial charge is 0.238 e. The molecule has 1 saturated carbocycles. The van der Waals surface area contributed by atoms with Crippen molar-refractivity contribution >= 4 is 17.5 Å². The maximum atomic E-state index is 13.3. The van der Waals surface area contributed by atoms with Crippen molar-refractivity contribution in [3.05, 3.63) is 42.0 Å². The lowest BCUT2D eigenvalue weighted by molar-refractivity contribution is -0.123. The molecule has 2 aliphatic carbocycles. The Morgan fingerprint density at radius 3 is 2.10 bits per heavy atom. The zero-order valence-corrected chi connectivity index (χ0v) is 10.4. The molecule has 4 atom stereocenters. The average Bonchev–Trinajstić information content (AvgIpc) is 3.08. The van der Waals surface area contributed by atoms with Gasteiger partial charge in [-0.25, -0.2) is 13.7 Å². The molecule has 2 fully saturated rings. The Labute approximate surface area is 113 Å². The maximum Gasteiger partial charge on any atom is 0.238 e. The van der Waals surface area contributed by atoms with Crippen molar-refractivity contribution in [2.75, 3.05) is 4.90 Å². The van der Waals surface area contributed by atoms with Crippen LogP contribution in [0, 0.1) is 35.3 Å². The molecule has 102 valence electrons. The van der Waals surface area contributed by atoms with Gasteiger partial charge in [0.15, 0.2) is 11.6 Å². The van der Waals surface area contributed by atoms with E-state index in [1.54, 1.807) is 0 Å². The van der Waals surface area contributed by atoms with E-state index in [1.165, 1.54) is 6.07 Å². The number of rotatable bonds is 1. The van der Waals surface area contributed by atoms with E-state index < -0.39 is 11.6 Å². The summed E-state index contributed by atoms with van der Waals surface area (Å²) in [5.74, 6) is -3.06. The van der Waals surface area contributed by atoms with Crippen molar-refractivity contribution < 1.29 is 18.4 Å². The predicted molar refractivity (Wildman–Crippen MR) is 66.6 cm³/mol. The van der Waals surface area contributed by atoms with Crippen LogP contribution in [0.1, 0.15) is 6.42 Å². The Balaban J connectivity index is 1.76. The van der Waals surface area contributed by atoms with Crippen LogP contribution in [0.25, 0.3) is 0 Å². The fourth-order valence-corrected chi connectivity index (χ4v) is 3.78. The molecule has 2 amide bonds. The highest BCUT2D eigenvalue weighted by Gasteiger charge is 2.59. The molecule has 0 spiro atoms. The molecule has 5 heteroatoms. The summed E-state index contributed by atoms with van der Waals surface area (Å²) in [6.07, 6.45) is 4.83. The van der Waals surface area contributed by atoms with E-state index in [4.69, 9.17) is 0 Å². The molecule has 2 bridgehead atoms. The van der Waals surface area contributed by atoms with Crippen LogP contribution < -0.4 is 4.90 Å². The van der Waals surface area contributed by atoms with Gasteiger partial charge in [-0.05, 0) is 30.4 Å². The number of amides is 2. The van der Waals surface area contributed by atoms with Gasteiger partial charge in [-0.2, -0.15) is 0 Å². The second-order valence-electron chi connectivity index (χ2n) is 5.61. The number of imide groups is 1. The summed E-state index contributed by atoms with van der Waals surface area (Å²) >= 11 is 0. The van der Waals surface area contributed by atoms with Gasteiger partial charge in [0.1, 0.15) is 0 Å². The zero-order valence-electron chi connectivity index (χ0n) is 10.4. The largest absolute Gasteiger partial charge is 0.274 e. The summed E-state index contributed by atoms with van der Waals surface area (Å²) in [6, 6.07) is 3.11. The number of benzene rings is 1. The summed E-state index contributed by atoms with van der Waals surface area (Å²) < 4.78 is 26.3. The number of allylic oxidation sites excluding steroid dienone is 2. The normalized spacial score (nSPS) is 34.2. The van der Waals surface area contributed by atoms with Crippen molar-refractivity contribution in [1.29, 1.82) is 0 Å². The van der Waals surface area contributed by atoms with Crippen LogP contribution >= 0.6 is 0 Å². The Bertz CT molecular complexity index is 640. The molecule has 0 radical (unpaired) electrons. The minimum absolute atomic E-state index is 0.108. The Kier molecular flexibility index (Phi) is 2.20. The van der Waals surface area contributed by atoms with Crippen LogP contribution in [-0.4, -0.2) is 11.8 Å². The topological polar surface area (TPSA) is 37.4 Å². The van der Waals surface area contributed by atoms with E-state index in [-0.39, 0.29) is 41.2 Å². The first kappa shape index (κ1) is 11.8. The number of carbonyl (C=O) groups excluding carboxylic acids is 2. The molecular weight excluding hydrogens is 264 g/mol. The Morgan fingerprint density at radius 1 is 0.950 bits per heavy atom. The van der Waals surface area contributed by atoms with Crippen LogP contribution in [0.5, 0.6) is 0 Å². The van der Waals surface area contributed by atoms with Crippen molar-refractivity contribution in [3.63, 3.8) is 0 Å². The standard InChI is InChI=1S/C15H11F2NO2/c16-10-4-3-9(6-11(10)17)18-14(19)12-7-1-2-8(5-7)13(12)15(18)20/h1-4,6-8,12-13H,5H2/t7-,8-,12-,13+/m0/s1. The molecule has 1 aromatic rings. The fraction of sp³-hybridized carbons (Fsp3) is 0.333. The molecule has 3 nitrogen and oxygen atoms in total. The highest BCUT2D eigenvalue weighted by atomic mass is 19.2. The van der Waals surface area contributed by atoms with Crippen LogP contribution in [0.2, 0.25) is 0 Å². The minimum atomic E-state index is -1.05. The quantitative estimate of drug-likeness (QED) is 0.582. The number of carbonyl (C=O) groups is 2. The van der Waals surface area contributed by atoms with Crippen LogP contribution in [0.15, 0.2) is 30.4 Å². The Hall–Kier alpha value is -2.04. The molecule has 20 heavy (non-hydrogen) atoms. The van der Waals surface area contributed by atoms with Crippen LogP contribution in [0.4, 0.5) is 14.5 Å². The number of anilines is 1. The van der Waals surface area contributed by atoms with Crippen molar-refractivity contribution in [2.45, 2.75) is 6.42 Å². The summed E-state index contributed by atoms with van der Waals surface area (Å²) in [7, 11) is 0. The number of nitrogens with zero attached hydrogens (tertiary/aromatic N) is 1. The average molecular weight is 275 g/mol. The maximum absolute atomic E-state index is 13.3. The molecule has 0 unspecified atom stereocenters. The lowest BCUT2D eigenvalue weighted by Gasteiger charge is -2.17. The van der Waals surface area contributed by atoms with E-state index in [9.17, 15) is 18.4 Å². The first-order valence-electron chi connectivity index (χ1n) is 6.59. The summed E-state index contributed by atoms with van der Waals surface area (Å²) in [5.41, 5.74) is 0.118. The summed E-state index contributed by atoms with van der Waals surface area (Å²) in [4.78, 5) is 25.9. The van der Waals surface area contributed by atoms with Crippen LogP contribution in [-0.2, 0) is 9.59 Å². The van der Waals surface area contributed by atoms with Gasteiger partial charge in [-0.15, -0.1) is 0 Å². The van der Waals surface area contributed by atoms with Crippen LogP contribution in [0.3, 0.4) is 0 Å². The van der Waals surface area contributed by atoms with Crippen molar-refractivity contribution in [3.8, 4) is 0 Å². The monoisotopic (exact) mass is 275 g/mol. The highest BCUT2D eigenvalue weighted by Crippen LogP contribution is 2.53. The predicted octanol–water partition coefficient (Wildman–Crippen LogP) is 2.28. The number of hydrogen-bond acceptors (Lipinski definition) is 2. The van der Waals surface area contributed by atoms with Gasteiger partial charge in [-0.1, -0.05) is 12.2 Å². The van der Waals surface area contributed by atoms with E-state index in [0.717, 1.165) is 23.5 Å². The van der Waals surface area contributed by atoms with Gasteiger partial charge in [0.25, 0.3) is 0 Å². The van der Waals surface area contributed by atoms with E-state index in [0.29, 0.717) is 0 Å². The molecule has 1 aromatic carbocycles. The summed E-state index contributed by atoms with van der Waals surface area (Å²) in [6.45, 7) is 0. The van der Waals surface area contributed by atoms with Crippen molar-refractivity contribution in [2.24, 2.45) is 23.7 Å². The van der Waals surface area contributed by atoms with E-state index in [1.807, 2.05) is 12.2 Å². The van der Waals surface area contributed by atoms with E-state index >= 15 is 0 Å². The second kappa shape index (κ2) is 3.75. The lowest BCUT2D eigenvalue weighted by Crippen LogP contribution is -2.32. The molecule has 1 saturated heterocycles. The minimum Gasteiger partial charge on any atom is -0.274 e. The number of fused-ring (bicyclic) bond motifs is 5. The molecule has 3 aliphatic rings. The third-order valence-electron chi connectivity index (χ3n) is 4.63. The number of hydrogen-bond donors (Lipinski definition) is 0. The van der Waals surface area contributed by atoms with Gasteiger partial charge < -0.3 is 0 Å². The molecule has 4 rings (SSSR count). The van der Waals surface area contributed by atoms with Gasteiger partial charge in [-0.3, -0.25) is 9.59 Å². The SMILES string of the molecule is O=C1[C@@H]2[C@H](C(=O)N1c1ccc(F)c(F)c1)[C@H]1C=C[C@H]2C1. The Morgan fingerprint density at radius 2 is 1.55 bits per heavy atom. The summed E-state index contributed by atoms with van der Waals surface area (Å²) in [5, 5.41) is 0. The first-order chi connectivity index (χ1) is 9.58. The second-order valence-corrected chi connectivity index (χ2v) is 5.61. The zero-order chi connectivity index (χ0) is 14.0. The highest BCUT2D eigenvalue weighted by molar-refractivity contribution is 6.22. The van der Waals surface area contributed by atoms with Gasteiger partial charge in [0.2, 0.25) is 11.8 Å². The van der Waals surface area contributed by atoms with Crippen molar-refractivity contribution in [1.82, 2.24) is 0 Å².